The number of hydrogen-bond donors (Lipinski definition) is 0. The van der Waals surface area contributed by atoms with Crippen LogP contribution in [0.4, 0.5) is 0 Å². The molecule has 77 heavy (non-hydrogen) atoms. The van der Waals surface area contributed by atoms with Gasteiger partial charge in [-0.25, -0.2) is 0 Å². The lowest BCUT2D eigenvalue weighted by Crippen LogP contribution is -2.30. The summed E-state index contributed by atoms with van der Waals surface area (Å²) in [6.07, 6.45) is 85.5. The zero-order chi connectivity index (χ0) is 55.7. The second-order valence-electron chi connectivity index (χ2n) is 22.4. The van der Waals surface area contributed by atoms with Crippen molar-refractivity contribution in [2.45, 2.75) is 348 Å². The molecule has 0 aromatic rings. The molecule has 0 aliphatic heterocycles. The summed E-state index contributed by atoms with van der Waals surface area (Å²) in [6, 6.07) is 0. The fourth-order valence-corrected chi connectivity index (χ4v) is 9.70. The Morgan fingerprint density at radius 3 is 0.805 bits per heavy atom. The van der Waals surface area contributed by atoms with Gasteiger partial charge in [0.05, 0.1) is 0 Å². The molecule has 0 aromatic carbocycles. The van der Waals surface area contributed by atoms with E-state index in [-0.39, 0.29) is 31.1 Å². The smallest absolute Gasteiger partial charge is 0.306 e. The van der Waals surface area contributed by atoms with Gasteiger partial charge in [-0.1, -0.05) is 306 Å². The van der Waals surface area contributed by atoms with Crippen molar-refractivity contribution in [1.29, 1.82) is 0 Å². The number of ether oxygens (including phenoxy) is 3. The Hall–Kier alpha value is -3.15. The number of esters is 3. The third-order valence-corrected chi connectivity index (χ3v) is 14.7. The number of hydrogen-bond acceptors (Lipinski definition) is 6. The van der Waals surface area contributed by atoms with Crippen LogP contribution in [0.5, 0.6) is 0 Å². The van der Waals surface area contributed by atoms with Crippen molar-refractivity contribution in [3.8, 4) is 0 Å². The lowest BCUT2D eigenvalue weighted by atomic mass is 10.0. The van der Waals surface area contributed by atoms with Crippen molar-refractivity contribution in [2.24, 2.45) is 0 Å². The van der Waals surface area contributed by atoms with E-state index in [2.05, 4.69) is 93.7 Å². The second kappa shape index (κ2) is 65.4. The first-order valence-corrected chi connectivity index (χ1v) is 33.4. The molecule has 0 bridgehead atoms. The summed E-state index contributed by atoms with van der Waals surface area (Å²) in [7, 11) is 0. The zero-order valence-electron chi connectivity index (χ0n) is 51.2. The molecule has 1 unspecified atom stereocenters. The first kappa shape index (κ1) is 73.8. The van der Waals surface area contributed by atoms with Crippen LogP contribution in [0.3, 0.4) is 0 Å². The molecule has 0 aliphatic carbocycles. The fourth-order valence-electron chi connectivity index (χ4n) is 9.70. The van der Waals surface area contributed by atoms with E-state index >= 15 is 0 Å². The lowest BCUT2D eigenvalue weighted by molar-refractivity contribution is -0.167. The molecule has 1 atom stereocenters. The number of unbranched alkanes of at least 4 members (excludes halogenated alkanes) is 38. The molecule has 0 saturated carbocycles. The van der Waals surface area contributed by atoms with Gasteiger partial charge in [0, 0.05) is 19.3 Å². The highest BCUT2D eigenvalue weighted by molar-refractivity contribution is 5.71. The maximum Gasteiger partial charge on any atom is 0.306 e. The van der Waals surface area contributed by atoms with Gasteiger partial charge in [0.1, 0.15) is 13.2 Å². The van der Waals surface area contributed by atoms with Crippen LogP contribution in [0.15, 0.2) is 72.9 Å². The predicted molar refractivity (Wildman–Crippen MR) is 335 cm³/mol. The Labute approximate surface area is 478 Å². The van der Waals surface area contributed by atoms with Gasteiger partial charge in [-0.05, 0) is 89.9 Å². The van der Waals surface area contributed by atoms with Crippen molar-refractivity contribution in [3.05, 3.63) is 72.9 Å². The first-order valence-electron chi connectivity index (χ1n) is 33.4. The van der Waals surface area contributed by atoms with Crippen LogP contribution in [0.2, 0.25) is 0 Å². The summed E-state index contributed by atoms with van der Waals surface area (Å²) in [6.45, 7) is 6.48. The fraction of sp³-hybridized carbons (Fsp3) is 0.789. The summed E-state index contributed by atoms with van der Waals surface area (Å²) in [5.41, 5.74) is 0. The van der Waals surface area contributed by atoms with Gasteiger partial charge in [-0.15, -0.1) is 0 Å². The molecule has 0 spiro atoms. The quantitative estimate of drug-likeness (QED) is 0.0261. The van der Waals surface area contributed by atoms with Crippen LogP contribution in [-0.2, 0) is 28.6 Å². The summed E-state index contributed by atoms with van der Waals surface area (Å²) in [4.78, 5) is 38.0. The van der Waals surface area contributed by atoms with Crippen LogP contribution in [0, 0.1) is 0 Å². The van der Waals surface area contributed by atoms with Gasteiger partial charge >= 0.3 is 17.9 Å². The number of allylic oxidation sites excluding steroid dienone is 12. The summed E-state index contributed by atoms with van der Waals surface area (Å²) in [5.74, 6) is -0.875. The Kier molecular flexibility index (Phi) is 62.7. The van der Waals surface area contributed by atoms with E-state index in [1.807, 2.05) is 0 Å². The van der Waals surface area contributed by atoms with Crippen LogP contribution >= 0.6 is 0 Å². The molecule has 0 rings (SSSR count). The molecule has 6 nitrogen and oxygen atoms in total. The molecule has 0 fully saturated rings. The Morgan fingerprint density at radius 1 is 0.273 bits per heavy atom. The predicted octanol–water partition coefficient (Wildman–Crippen LogP) is 22.9. The van der Waals surface area contributed by atoms with E-state index in [0.29, 0.717) is 19.3 Å². The molecule has 0 aromatic heterocycles. The normalized spacial score (nSPS) is 12.5. The maximum atomic E-state index is 12.8. The van der Waals surface area contributed by atoms with Gasteiger partial charge in [-0.3, -0.25) is 14.4 Å². The van der Waals surface area contributed by atoms with Crippen molar-refractivity contribution in [1.82, 2.24) is 0 Å². The number of rotatable bonds is 61. The molecule has 0 radical (unpaired) electrons. The SMILES string of the molecule is CC/C=C\C/C=C\C/C=C\C/C=C\C/C=C\CCCCCCCCCCCCCC(=O)OCC(COC(=O)CCCCCCC)OC(=O)CCCCCCCCCCCCCCCCC/C=C\CCCCCCCCCC. The summed E-state index contributed by atoms with van der Waals surface area (Å²) >= 11 is 0. The van der Waals surface area contributed by atoms with Gasteiger partial charge in [-0.2, -0.15) is 0 Å². The van der Waals surface area contributed by atoms with Crippen molar-refractivity contribution >= 4 is 17.9 Å². The monoisotopic (exact) mass is 1070 g/mol. The van der Waals surface area contributed by atoms with Crippen molar-refractivity contribution in [3.63, 3.8) is 0 Å². The summed E-state index contributed by atoms with van der Waals surface area (Å²) < 4.78 is 16.8. The Balaban J connectivity index is 4.00. The van der Waals surface area contributed by atoms with Crippen LogP contribution in [0.1, 0.15) is 342 Å². The minimum absolute atomic E-state index is 0.0739. The Bertz CT molecular complexity index is 1420. The Morgan fingerprint density at radius 2 is 0.506 bits per heavy atom. The average molecular weight is 1080 g/mol. The molecule has 6 heteroatoms. The highest BCUT2D eigenvalue weighted by Crippen LogP contribution is 2.17. The number of carbonyl (C=O) groups excluding carboxylic acids is 3. The highest BCUT2D eigenvalue weighted by atomic mass is 16.6. The van der Waals surface area contributed by atoms with Crippen molar-refractivity contribution < 1.29 is 28.6 Å². The van der Waals surface area contributed by atoms with Gasteiger partial charge < -0.3 is 14.2 Å². The van der Waals surface area contributed by atoms with Crippen LogP contribution in [-0.4, -0.2) is 37.2 Å². The molecule has 0 N–H and O–H groups in total. The minimum atomic E-state index is -0.772. The molecular weight excluding hydrogens is 949 g/mol. The number of carbonyl (C=O) groups is 3. The zero-order valence-corrected chi connectivity index (χ0v) is 51.2. The lowest BCUT2D eigenvalue weighted by Gasteiger charge is -2.18. The van der Waals surface area contributed by atoms with E-state index in [4.69, 9.17) is 14.2 Å². The minimum Gasteiger partial charge on any atom is -0.462 e. The largest absolute Gasteiger partial charge is 0.462 e. The van der Waals surface area contributed by atoms with E-state index in [1.165, 1.54) is 205 Å². The molecular formula is C71H126O6. The maximum absolute atomic E-state index is 12.8. The van der Waals surface area contributed by atoms with E-state index in [1.54, 1.807) is 0 Å². The standard InChI is InChI=1S/C71H126O6/c1-4-7-10-13-15-17-19-21-23-25-27-29-31-33-35-37-39-41-43-45-47-49-51-53-55-58-61-64-70(73)76-67-68(66-75-69(72)63-60-57-12-9-6-3)77-71(74)65-62-59-56-54-52-50-48-46-44-42-40-38-36-34-32-30-28-26-24-22-20-18-16-14-11-8-5-2/h7,10,15,17,21,23,26-29,33,35,68H,4-6,8-9,11-14,16,18-20,22,24-25,30-32,34,36-67H2,1-3H3/b10-7-,17-15-,23-21-,28-26-,29-27-,35-33-. The molecule has 446 valence electrons. The van der Waals surface area contributed by atoms with Gasteiger partial charge in [0.2, 0.25) is 0 Å². The highest BCUT2D eigenvalue weighted by Gasteiger charge is 2.19. The molecule has 0 aliphatic rings. The van der Waals surface area contributed by atoms with Gasteiger partial charge in [0.25, 0.3) is 0 Å². The van der Waals surface area contributed by atoms with Crippen LogP contribution in [0.25, 0.3) is 0 Å². The molecule has 0 heterocycles. The first-order chi connectivity index (χ1) is 38.0. The third kappa shape index (κ3) is 63.6. The molecule has 0 amide bonds. The van der Waals surface area contributed by atoms with Crippen molar-refractivity contribution in [2.75, 3.05) is 13.2 Å². The van der Waals surface area contributed by atoms with Gasteiger partial charge in [0.15, 0.2) is 6.10 Å². The second-order valence-corrected chi connectivity index (χ2v) is 22.4. The van der Waals surface area contributed by atoms with E-state index in [0.717, 1.165) is 96.3 Å². The third-order valence-electron chi connectivity index (χ3n) is 14.7. The van der Waals surface area contributed by atoms with E-state index < -0.39 is 6.10 Å². The molecule has 0 saturated heterocycles. The average Bonchev–Trinajstić information content (AvgIpc) is 3.43. The van der Waals surface area contributed by atoms with Crippen LogP contribution < -0.4 is 0 Å². The van der Waals surface area contributed by atoms with E-state index in [9.17, 15) is 14.4 Å². The summed E-state index contributed by atoms with van der Waals surface area (Å²) in [5, 5.41) is 0. The topological polar surface area (TPSA) is 78.9 Å².